The van der Waals surface area contributed by atoms with Crippen molar-refractivity contribution in [1.82, 2.24) is 0 Å². The number of ketones is 1. The highest BCUT2D eigenvalue weighted by atomic mass is 35.5. The lowest BCUT2D eigenvalue weighted by Crippen LogP contribution is -2.24. The van der Waals surface area contributed by atoms with E-state index in [-0.39, 0.29) is 23.6 Å². The summed E-state index contributed by atoms with van der Waals surface area (Å²) >= 11 is 6.14. The van der Waals surface area contributed by atoms with Crippen LogP contribution in [-0.4, -0.2) is 29.9 Å². The molecule has 1 unspecified atom stereocenters. The third kappa shape index (κ3) is 4.21. The van der Waals surface area contributed by atoms with Crippen molar-refractivity contribution < 1.29 is 15.1 Å². The molecule has 28 heavy (non-hydrogen) atoms. The van der Waals surface area contributed by atoms with E-state index in [2.05, 4.69) is 16.0 Å². The summed E-state index contributed by atoms with van der Waals surface area (Å²) in [6, 6.07) is 14.1. The molecule has 1 atom stereocenters. The number of hydrogen-bond acceptors (Lipinski definition) is 3. The summed E-state index contributed by atoms with van der Waals surface area (Å²) in [5.74, 6) is -1.25. The molecule has 4 rings (SSSR count). The number of aliphatic imine (C=N–C) groups is 1. The Morgan fingerprint density at radius 2 is 1.89 bits per heavy atom. The highest BCUT2D eigenvalue weighted by molar-refractivity contribution is 6.30. The molecule has 2 aromatic carbocycles. The fourth-order valence-electron chi connectivity index (χ4n) is 3.56. The molecule has 0 aliphatic carbocycles. The average Bonchev–Trinajstić information content (AvgIpc) is 3.05. The number of allylic oxidation sites excluding steroid dienone is 1. The van der Waals surface area contributed by atoms with Crippen LogP contribution in [0.15, 0.2) is 59.6 Å². The number of amides is 1. The number of dihydropyridines is 1. The molecule has 2 aliphatic rings. The average molecular weight is 397 g/mol. The molecule has 2 aromatic rings. The Balaban J connectivity index is 0.00000225. The van der Waals surface area contributed by atoms with E-state index in [0.717, 1.165) is 30.1 Å². The predicted molar refractivity (Wildman–Crippen MR) is 111 cm³/mol. The van der Waals surface area contributed by atoms with Gasteiger partial charge in [-0.2, -0.15) is 0 Å². The van der Waals surface area contributed by atoms with Gasteiger partial charge in [-0.25, -0.2) is 4.99 Å². The maximum absolute atomic E-state index is 12.3. The molecule has 0 radical (unpaired) electrons. The summed E-state index contributed by atoms with van der Waals surface area (Å²) in [7, 11) is 0. The van der Waals surface area contributed by atoms with Crippen LogP contribution in [-0.2, 0) is 29.0 Å². The minimum Gasteiger partial charge on any atom is -0.412 e. The summed E-state index contributed by atoms with van der Waals surface area (Å²) in [6.45, 7) is 1.78. The van der Waals surface area contributed by atoms with Crippen molar-refractivity contribution in [2.75, 3.05) is 11.4 Å². The third-order valence-electron chi connectivity index (χ3n) is 5.02. The van der Waals surface area contributed by atoms with Crippen molar-refractivity contribution in [2.24, 2.45) is 10.9 Å². The Labute approximate surface area is 168 Å². The third-order valence-corrected chi connectivity index (χ3v) is 5.25. The largest absolute Gasteiger partial charge is 0.412 e. The first-order chi connectivity index (χ1) is 13.1. The first kappa shape index (κ1) is 20.0. The molecule has 0 fully saturated rings. The zero-order valence-corrected chi connectivity index (χ0v) is 16.0. The molecule has 0 aromatic heterocycles. The topological polar surface area (TPSA) is 81.2 Å². The van der Waals surface area contributed by atoms with E-state index in [1.165, 1.54) is 23.0 Å². The summed E-state index contributed by atoms with van der Waals surface area (Å²) < 4.78 is 0. The molecule has 1 amide bonds. The van der Waals surface area contributed by atoms with Gasteiger partial charge in [0.25, 0.3) is 5.91 Å². The van der Waals surface area contributed by atoms with Crippen LogP contribution in [0.4, 0.5) is 5.69 Å². The second kappa shape index (κ2) is 8.50. The van der Waals surface area contributed by atoms with Crippen molar-refractivity contribution in [3.05, 3.63) is 76.3 Å². The number of fused-ring (bicyclic) bond motifs is 1. The monoisotopic (exact) mass is 396 g/mol. The first-order valence-corrected chi connectivity index (χ1v) is 9.36. The second-order valence-electron chi connectivity index (χ2n) is 6.88. The normalized spacial score (nSPS) is 17.4. The van der Waals surface area contributed by atoms with Gasteiger partial charge in [-0.05, 0) is 41.3 Å². The quantitative estimate of drug-likeness (QED) is 0.728. The number of halogens is 1. The molecule has 5 nitrogen and oxygen atoms in total. The lowest BCUT2D eigenvalue weighted by atomic mass is 9.95. The maximum Gasteiger partial charge on any atom is 0.260 e. The molecule has 0 spiro atoms. The molecule has 2 N–H and O–H groups in total. The van der Waals surface area contributed by atoms with Gasteiger partial charge in [0, 0.05) is 36.4 Å². The van der Waals surface area contributed by atoms with Crippen LogP contribution < -0.4 is 4.90 Å². The molecule has 6 heteroatoms. The number of nitrogens with zero attached hydrogens (tertiary/aromatic N) is 2. The van der Waals surface area contributed by atoms with E-state index in [4.69, 9.17) is 11.6 Å². The number of anilines is 1. The van der Waals surface area contributed by atoms with Gasteiger partial charge in [0.2, 0.25) is 0 Å². The molecular weight excluding hydrogens is 376 g/mol. The van der Waals surface area contributed by atoms with Crippen LogP contribution >= 0.6 is 11.6 Å². The van der Waals surface area contributed by atoms with E-state index >= 15 is 0 Å². The van der Waals surface area contributed by atoms with E-state index in [1.54, 1.807) is 12.2 Å². The van der Waals surface area contributed by atoms with Crippen molar-refractivity contribution >= 4 is 35.2 Å². The predicted octanol–water partition coefficient (Wildman–Crippen LogP) is 2.97. The molecule has 0 saturated carbocycles. The van der Waals surface area contributed by atoms with Gasteiger partial charge >= 0.3 is 0 Å². The fourth-order valence-corrected chi connectivity index (χ4v) is 3.73. The molecule has 144 valence electrons. The fraction of sp³-hybridized carbons (Fsp3) is 0.227. The summed E-state index contributed by atoms with van der Waals surface area (Å²) in [6.07, 6.45) is 5.95. The van der Waals surface area contributed by atoms with Crippen LogP contribution in [0.5, 0.6) is 0 Å². The summed E-state index contributed by atoms with van der Waals surface area (Å²) in [4.78, 5) is 30.1. The number of benzene rings is 2. The van der Waals surface area contributed by atoms with Gasteiger partial charge in [-0.15, -0.1) is 0 Å². The van der Waals surface area contributed by atoms with Gasteiger partial charge in [0.05, 0.1) is 0 Å². The van der Waals surface area contributed by atoms with Crippen LogP contribution in [0.25, 0.3) is 0 Å². The lowest BCUT2D eigenvalue weighted by Gasteiger charge is -2.20. The van der Waals surface area contributed by atoms with Crippen molar-refractivity contribution in [3.63, 3.8) is 0 Å². The van der Waals surface area contributed by atoms with Crippen molar-refractivity contribution in [2.45, 2.75) is 19.4 Å². The number of rotatable bonds is 5. The maximum atomic E-state index is 12.3. The Bertz CT molecular complexity index is 951. The highest BCUT2D eigenvalue weighted by Gasteiger charge is 2.24. The van der Waals surface area contributed by atoms with Crippen LogP contribution in [0.2, 0.25) is 5.02 Å². The smallest absolute Gasteiger partial charge is 0.260 e. The summed E-state index contributed by atoms with van der Waals surface area (Å²) in [5.41, 5.74) is 4.61. The Kier molecular flexibility index (Phi) is 6.07. The number of carbonyl (C=O) groups excluding carboxylic acids is 2. The molecule has 0 saturated heterocycles. The van der Waals surface area contributed by atoms with E-state index < -0.39 is 5.92 Å². The first-order valence-electron chi connectivity index (χ1n) is 8.99. The minimum absolute atomic E-state index is 0. The molecule has 2 aliphatic heterocycles. The van der Waals surface area contributed by atoms with Crippen molar-refractivity contribution in [3.8, 4) is 0 Å². The minimum atomic E-state index is -0.750. The SMILES string of the molecule is O.O=C(Cc1ccc(CN2CCc3ccc(Cl)cc32)cc1)C1C=CC=NC1=O. The molecular formula is C22H21ClN2O3. The highest BCUT2D eigenvalue weighted by Crippen LogP contribution is 2.31. The van der Waals surface area contributed by atoms with Gasteiger partial charge in [0.15, 0.2) is 5.78 Å². The van der Waals surface area contributed by atoms with Crippen LogP contribution in [0.3, 0.4) is 0 Å². The number of carbonyl (C=O) groups is 2. The second-order valence-corrected chi connectivity index (χ2v) is 7.32. The zero-order valence-electron chi connectivity index (χ0n) is 15.3. The molecule has 2 heterocycles. The Hall–Kier alpha value is -2.76. The van der Waals surface area contributed by atoms with E-state index in [0.29, 0.717) is 0 Å². The lowest BCUT2D eigenvalue weighted by molar-refractivity contribution is -0.129. The van der Waals surface area contributed by atoms with E-state index in [9.17, 15) is 9.59 Å². The van der Waals surface area contributed by atoms with Gasteiger partial charge in [-0.1, -0.05) is 48.0 Å². The van der Waals surface area contributed by atoms with Crippen molar-refractivity contribution in [1.29, 1.82) is 0 Å². The van der Waals surface area contributed by atoms with E-state index in [1.807, 2.05) is 36.4 Å². The van der Waals surface area contributed by atoms with Crippen LogP contribution in [0, 0.1) is 5.92 Å². The zero-order chi connectivity index (χ0) is 18.8. The standard InChI is InChI=1S/C22H19ClN2O2.H2O/c23-18-8-7-17-9-11-25(20(17)13-18)14-16-5-3-15(4-6-16)12-21(26)19-2-1-10-24-22(19)27;/h1-8,10,13,19H,9,11-12,14H2;1H2. The Morgan fingerprint density at radius 1 is 1.14 bits per heavy atom. The molecule has 0 bridgehead atoms. The number of Topliss-reactive ketones (excluding diaryl/α,β-unsaturated/α-hetero) is 1. The van der Waals surface area contributed by atoms with Crippen LogP contribution in [0.1, 0.15) is 16.7 Å². The van der Waals surface area contributed by atoms with Gasteiger partial charge in [-0.3, -0.25) is 9.59 Å². The summed E-state index contributed by atoms with van der Waals surface area (Å²) in [5, 5.41) is 0.755. The number of hydrogen-bond donors (Lipinski definition) is 0. The van der Waals surface area contributed by atoms with Gasteiger partial charge < -0.3 is 10.4 Å². The van der Waals surface area contributed by atoms with Gasteiger partial charge in [0.1, 0.15) is 5.92 Å². The Morgan fingerprint density at radius 3 is 2.64 bits per heavy atom.